The molecule has 96 valence electrons. The first-order valence-electron chi connectivity index (χ1n) is 5.29. The van der Waals surface area contributed by atoms with Crippen molar-refractivity contribution in [1.29, 1.82) is 0 Å². The van der Waals surface area contributed by atoms with Crippen LogP contribution < -0.4 is 10.5 Å². The number of alkyl halides is 3. The number of hydrogen-bond acceptors (Lipinski definition) is 3. The summed E-state index contributed by atoms with van der Waals surface area (Å²) >= 11 is 0. The highest BCUT2D eigenvalue weighted by Gasteiger charge is 2.26. The number of rotatable bonds is 5. The standard InChI is InChI=1S/C11H15F3N2O/c1-8(15)10-4-3-9(7-16-10)17-6-2-5-11(12,13)14/h3-4,7-8H,2,5-6,15H2,1H3/t8-/m0/s1. The zero-order valence-electron chi connectivity index (χ0n) is 9.50. The average molecular weight is 248 g/mol. The molecule has 0 saturated heterocycles. The van der Waals surface area contributed by atoms with Gasteiger partial charge in [-0.05, 0) is 25.5 Å². The second-order valence-corrected chi connectivity index (χ2v) is 3.77. The molecule has 0 spiro atoms. The molecule has 1 atom stereocenters. The van der Waals surface area contributed by atoms with Gasteiger partial charge in [-0.3, -0.25) is 4.98 Å². The topological polar surface area (TPSA) is 48.1 Å². The SMILES string of the molecule is C[C@H](N)c1ccc(OCCCC(F)(F)F)cn1. The van der Waals surface area contributed by atoms with Gasteiger partial charge in [-0.1, -0.05) is 0 Å². The summed E-state index contributed by atoms with van der Waals surface area (Å²) in [4.78, 5) is 4.03. The van der Waals surface area contributed by atoms with Gasteiger partial charge in [-0.15, -0.1) is 0 Å². The smallest absolute Gasteiger partial charge is 0.389 e. The van der Waals surface area contributed by atoms with Gasteiger partial charge >= 0.3 is 6.18 Å². The number of nitrogens with two attached hydrogens (primary N) is 1. The fourth-order valence-electron chi connectivity index (χ4n) is 1.21. The molecule has 1 aromatic rings. The molecule has 0 unspecified atom stereocenters. The highest BCUT2D eigenvalue weighted by molar-refractivity contribution is 5.21. The molecule has 0 saturated carbocycles. The van der Waals surface area contributed by atoms with Crippen molar-refractivity contribution in [1.82, 2.24) is 4.98 Å². The molecule has 0 fully saturated rings. The van der Waals surface area contributed by atoms with E-state index in [4.69, 9.17) is 10.5 Å². The fourth-order valence-corrected chi connectivity index (χ4v) is 1.21. The van der Waals surface area contributed by atoms with E-state index in [-0.39, 0.29) is 19.1 Å². The number of ether oxygens (including phenoxy) is 1. The van der Waals surface area contributed by atoms with Crippen molar-refractivity contribution >= 4 is 0 Å². The highest BCUT2D eigenvalue weighted by Crippen LogP contribution is 2.21. The summed E-state index contributed by atoms with van der Waals surface area (Å²) < 4.78 is 40.7. The predicted octanol–water partition coefficient (Wildman–Crippen LogP) is 2.82. The Morgan fingerprint density at radius 2 is 2.12 bits per heavy atom. The number of halogens is 3. The molecule has 2 N–H and O–H groups in total. The summed E-state index contributed by atoms with van der Waals surface area (Å²) in [5.41, 5.74) is 6.32. The molecular formula is C11H15F3N2O. The maximum atomic E-state index is 11.8. The minimum atomic E-state index is -4.12. The molecule has 0 radical (unpaired) electrons. The van der Waals surface area contributed by atoms with Crippen LogP contribution in [0, 0.1) is 0 Å². The van der Waals surface area contributed by atoms with Gasteiger partial charge in [0.2, 0.25) is 0 Å². The van der Waals surface area contributed by atoms with Crippen LogP contribution in [0.3, 0.4) is 0 Å². The van der Waals surface area contributed by atoms with Crippen LogP contribution in [0.15, 0.2) is 18.3 Å². The lowest BCUT2D eigenvalue weighted by Gasteiger charge is -2.09. The number of nitrogens with zero attached hydrogens (tertiary/aromatic N) is 1. The van der Waals surface area contributed by atoms with E-state index in [9.17, 15) is 13.2 Å². The molecule has 0 aliphatic rings. The van der Waals surface area contributed by atoms with E-state index < -0.39 is 12.6 Å². The van der Waals surface area contributed by atoms with Crippen molar-refractivity contribution in [2.75, 3.05) is 6.61 Å². The van der Waals surface area contributed by atoms with Crippen LogP contribution in [0.4, 0.5) is 13.2 Å². The maximum absolute atomic E-state index is 11.8. The van der Waals surface area contributed by atoms with Gasteiger partial charge in [0.05, 0.1) is 18.5 Å². The van der Waals surface area contributed by atoms with Crippen LogP contribution in [0.5, 0.6) is 5.75 Å². The fraction of sp³-hybridized carbons (Fsp3) is 0.545. The summed E-state index contributed by atoms with van der Waals surface area (Å²) in [6.45, 7) is 1.82. The van der Waals surface area contributed by atoms with Crippen molar-refractivity contribution in [3.05, 3.63) is 24.0 Å². The maximum Gasteiger partial charge on any atom is 0.389 e. The van der Waals surface area contributed by atoms with E-state index >= 15 is 0 Å². The molecule has 3 nitrogen and oxygen atoms in total. The molecule has 17 heavy (non-hydrogen) atoms. The van der Waals surface area contributed by atoms with E-state index in [1.54, 1.807) is 19.1 Å². The van der Waals surface area contributed by atoms with E-state index in [1.807, 2.05) is 0 Å². The summed E-state index contributed by atoms with van der Waals surface area (Å²) in [6.07, 6.45) is -3.55. The minimum absolute atomic E-state index is 0.0265. The minimum Gasteiger partial charge on any atom is -0.492 e. The zero-order chi connectivity index (χ0) is 12.9. The lowest BCUT2D eigenvalue weighted by atomic mass is 10.2. The lowest BCUT2D eigenvalue weighted by molar-refractivity contribution is -0.136. The molecule has 1 heterocycles. The molecule has 0 amide bonds. The molecule has 0 bridgehead atoms. The Morgan fingerprint density at radius 3 is 2.59 bits per heavy atom. The molecule has 1 aromatic heterocycles. The van der Waals surface area contributed by atoms with Gasteiger partial charge in [0, 0.05) is 12.5 Å². The average Bonchev–Trinajstić information content (AvgIpc) is 2.24. The van der Waals surface area contributed by atoms with Crippen LogP contribution in [-0.2, 0) is 0 Å². The van der Waals surface area contributed by atoms with Gasteiger partial charge in [-0.25, -0.2) is 0 Å². The normalized spacial score (nSPS) is 13.5. The van der Waals surface area contributed by atoms with E-state index in [0.29, 0.717) is 11.4 Å². The van der Waals surface area contributed by atoms with Gasteiger partial charge in [-0.2, -0.15) is 13.2 Å². The van der Waals surface area contributed by atoms with Crippen LogP contribution in [-0.4, -0.2) is 17.8 Å². The molecule has 0 aromatic carbocycles. The highest BCUT2D eigenvalue weighted by atomic mass is 19.4. The Morgan fingerprint density at radius 1 is 1.41 bits per heavy atom. The third kappa shape index (κ3) is 5.53. The monoisotopic (exact) mass is 248 g/mol. The largest absolute Gasteiger partial charge is 0.492 e. The van der Waals surface area contributed by atoms with Crippen LogP contribution in [0.2, 0.25) is 0 Å². The number of hydrogen-bond donors (Lipinski definition) is 1. The van der Waals surface area contributed by atoms with Gasteiger partial charge in [0.15, 0.2) is 0 Å². The van der Waals surface area contributed by atoms with Gasteiger partial charge < -0.3 is 10.5 Å². The first-order chi connectivity index (χ1) is 7.88. The Balaban J connectivity index is 2.33. The summed E-state index contributed by atoms with van der Waals surface area (Å²) in [5, 5.41) is 0. The summed E-state index contributed by atoms with van der Waals surface area (Å²) in [6, 6.07) is 3.18. The summed E-state index contributed by atoms with van der Waals surface area (Å²) in [7, 11) is 0. The van der Waals surface area contributed by atoms with Gasteiger partial charge in [0.25, 0.3) is 0 Å². The van der Waals surface area contributed by atoms with Crippen molar-refractivity contribution in [3.8, 4) is 5.75 Å². The zero-order valence-corrected chi connectivity index (χ0v) is 9.50. The van der Waals surface area contributed by atoms with Crippen LogP contribution >= 0.6 is 0 Å². The Bertz CT molecular complexity index is 336. The lowest BCUT2D eigenvalue weighted by Crippen LogP contribution is -2.10. The Kier molecular flexibility index (Phi) is 4.74. The Hall–Kier alpha value is -1.30. The Labute approximate surface area is 97.8 Å². The summed E-state index contributed by atoms with van der Waals surface area (Å²) in [5.74, 6) is 0.455. The molecule has 1 rings (SSSR count). The van der Waals surface area contributed by atoms with Crippen LogP contribution in [0.25, 0.3) is 0 Å². The van der Waals surface area contributed by atoms with Crippen molar-refractivity contribution in [2.45, 2.75) is 32.0 Å². The first kappa shape index (κ1) is 13.8. The predicted molar refractivity (Wildman–Crippen MR) is 57.6 cm³/mol. The molecular weight excluding hydrogens is 233 g/mol. The second-order valence-electron chi connectivity index (χ2n) is 3.77. The second kappa shape index (κ2) is 5.86. The van der Waals surface area contributed by atoms with Crippen molar-refractivity contribution in [2.24, 2.45) is 5.73 Å². The van der Waals surface area contributed by atoms with E-state index in [0.717, 1.165) is 0 Å². The molecule has 0 aliphatic heterocycles. The van der Waals surface area contributed by atoms with E-state index in [2.05, 4.69) is 4.98 Å². The number of pyridine rings is 1. The quantitative estimate of drug-likeness (QED) is 0.815. The first-order valence-corrected chi connectivity index (χ1v) is 5.29. The number of aromatic nitrogens is 1. The van der Waals surface area contributed by atoms with Crippen molar-refractivity contribution in [3.63, 3.8) is 0 Å². The molecule has 6 heteroatoms. The van der Waals surface area contributed by atoms with Crippen molar-refractivity contribution < 1.29 is 17.9 Å². The van der Waals surface area contributed by atoms with E-state index in [1.165, 1.54) is 6.20 Å². The third-order valence-corrected chi connectivity index (χ3v) is 2.10. The third-order valence-electron chi connectivity index (χ3n) is 2.10. The molecule has 0 aliphatic carbocycles. The van der Waals surface area contributed by atoms with Crippen LogP contribution in [0.1, 0.15) is 31.5 Å². The van der Waals surface area contributed by atoms with Gasteiger partial charge in [0.1, 0.15) is 5.75 Å².